The number of allylic oxidation sites excluding steroid dienone is 1. The van der Waals surface area contributed by atoms with Gasteiger partial charge >= 0.3 is 5.97 Å². The molecule has 0 aromatic rings. The average molecular weight is 246 g/mol. The molecule has 0 aromatic heterocycles. The smallest absolute Gasteiger partial charge is 0.306 e. The lowest BCUT2D eigenvalue weighted by molar-refractivity contribution is -0.143. The van der Waals surface area contributed by atoms with Crippen molar-refractivity contribution < 1.29 is 9.53 Å². The summed E-state index contributed by atoms with van der Waals surface area (Å²) in [5, 5.41) is 0. The van der Waals surface area contributed by atoms with E-state index in [1.165, 1.54) is 27.7 Å². The monoisotopic (exact) mass is 246 g/mol. The number of carbonyl (C=O) groups excluding carboxylic acids is 1. The molecule has 0 unspecified atom stereocenters. The lowest BCUT2D eigenvalue weighted by Crippen LogP contribution is -2.04. The van der Waals surface area contributed by atoms with Gasteiger partial charge in [0.25, 0.3) is 0 Å². The topological polar surface area (TPSA) is 26.3 Å². The van der Waals surface area contributed by atoms with Crippen molar-refractivity contribution in [3.8, 4) is 0 Å². The molecule has 2 nitrogen and oxygen atoms in total. The minimum Gasteiger partial charge on any atom is -0.466 e. The summed E-state index contributed by atoms with van der Waals surface area (Å²) in [6.45, 7) is 4.45. The molecule has 0 aliphatic carbocycles. The molecule has 4 heteroatoms. The molecule has 86 valence electrons. The van der Waals surface area contributed by atoms with Gasteiger partial charge in [-0.3, -0.25) is 4.79 Å². The fraction of sp³-hybridized carbons (Fsp3) is 0.727. The summed E-state index contributed by atoms with van der Waals surface area (Å²) in [5.74, 6) is 2.36. The van der Waals surface area contributed by atoms with Crippen LogP contribution in [0.3, 0.4) is 0 Å². The molecule has 0 N–H and O–H groups in total. The summed E-state index contributed by atoms with van der Waals surface area (Å²) >= 11 is 3.85. The molecule has 1 saturated heterocycles. The van der Waals surface area contributed by atoms with Crippen molar-refractivity contribution in [2.24, 2.45) is 0 Å². The minimum atomic E-state index is -0.0803. The van der Waals surface area contributed by atoms with Crippen LogP contribution in [-0.2, 0) is 9.53 Å². The Morgan fingerprint density at radius 3 is 2.60 bits per heavy atom. The normalized spacial score (nSPS) is 16.3. The van der Waals surface area contributed by atoms with Gasteiger partial charge in [0.15, 0.2) is 0 Å². The molecule has 1 aliphatic heterocycles. The van der Waals surface area contributed by atoms with Crippen molar-refractivity contribution in [3.05, 3.63) is 9.81 Å². The van der Waals surface area contributed by atoms with Gasteiger partial charge in [0.05, 0.1) is 6.61 Å². The van der Waals surface area contributed by atoms with E-state index in [0.29, 0.717) is 13.0 Å². The second-order valence-electron chi connectivity index (χ2n) is 3.42. The molecule has 0 spiro atoms. The number of esters is 1. The highest BCUT2D eigenvalue weighted by molar-refractivity contribution is 8.22. The van der Waals surface area contributed by atoms with Crippen molar-refractivity contribution in [3.63, 3.8) is 0 Å². The summed E-state index contributed by atoms with van der Waals surface area (Å²) in [6.07, 6.45) is 2.66. The zero-order valence-corrected chi connectivity index (χ0v) is 11.0. The van der Waals surface area contributed by atoms with Crippen molar-refractivity contribution in [1.82, 2.24) is 0 Å². The van der Waals surface area contributed by atoms with E-state index >= 15 is 0 Å². The summed E-state index contributed by atoms with van der Waals surface area (Å²) < 4.78 is 6.33. The Hall–Kier alpha value is -0.0900. The maximum atomic E-state index is 11.2. The first-order valence-electron chi connectivity index (χ1n) is 5.35. The summed E-state index contributed by atoms with van der Waals surface area (Å²) in [4.78, 5) is 11.2. The summed E-state index contributed by atoms with van der Waals surface area (Å²) in [6, 6.07) is 0. The molecule has 0 saturated carbocycles. The van der Waals surface area contributed by atoms with Gasteiger partial charge in [-0.2, -0.15) is 0 Å². The van der Waals surface area contributed by atoms with E-state index in [9.17, 15) is 4.79 Å². The second-order valence-corrected chi connectivity index (χ2v) is 5.89. The lowest BCUT2D eigenvalue weighted by atomic mass is 10.2. The average Bonchev–Trinajstić information content (AvgIpc) is 2.27. The Balaban J connectivity index is 2.33. The van der Waals surface area contributed by atoms with Crippen molar-refractivity contribution in [1.29, 1.82) is 0 Å². The Bertz CT molecular complexity index is 241. The minimum absolute atomic E-state index is 0.0803. The highest BCUT2D eigenvalue weighted by Gasteiger charge is 2.11. The molecule has 1 rings (SSSR count). The van der Waals surface area contributed by atoms with Gasteiger partial charge in [0.1, 0.15) is 0 Å². The van der Waals surface area contributed by atoms with Crippen molar-refractivity contribution in [2.75, 3.05) is 18.1 Å². The Morgan fingerprint density at radius 2 is 2.00 bits per heavy atom. The van der Waals surface area contributed by atoms with E-state index in [1.54, 1.807) is 0 Å². The van der Waals surface area contributed by atoms with E-state index in [1.807, 2.05) is 30.4 Å². The maximum Gasteiger partial charge on any atom is 0.306 e. The van der Waals surface area contributed by atoms with Crippen LogP contribution >= 0.6 is 23.5 Å². The van der Waals surface area contributed by atoms with Crippen LogP contribution < -0.4 is 0 Å². The molecule has 15 heavy (non-hydrogen) atoms. The lowest BCUT2D eigenvalue weighted by Gasteiger charge is -2.15. The van der Waals surface area contributed by atoms with Crippen LogP contribution in [0, 0.1) is 0 Å². The number of hydrogen-bond acceptors (Lipinski definition) is 4. The predicted molar refractivity (Wildman–Crippen MR) is 68.1 cm³/mol. The van der Waals surface area contributed by atoms with Crippen LogP contribution in [0.1, 0.15) is 33.1 Å². The highest BCUT2D eigenvalue weighted by Crippen LogP contribution is 2.37. The van der Waals surface area contributed by atoms with Gasteiger partial charge in [-0.25, -0.2) is 0 Å². The second kappa shape index (κ2) is 7.23. The zero-order valence-electron chi connectivity index (χ0n) is 9.38. The molecular formula is C11H18O2S2. The molecule has 0 radical (unpaired) electrons. The summed E-state index contributed by atoms with van der Waals surface area (Å²) in [5.41, 5.74) is 1.35. The SMILES string of the molecule is CCOC(=O)CCC(C)=C1SCCCS1. The number of thioether (sulfide) groups is 2. The Morgan fingerprint density at radius 1 is 1.33 bits per heavy atom. The zero-order chi connectivity index (χ0) is 11.1. The third-order valence-electron chi connectivity index (χ3n) is 2.11. The third-order valence-corrected chi connectivity index (χ3v) is 5.03. The molecule has 0 aromatic carbocycles. The fourth-order valence-electron chi connectivity index (χ4n) is 1.30. The fourth-order valence-corrected chi connectivity index (χ4v) is 3.96. The Kier molecular flexibility index (Phi) is 6.25. The standard InChI is InChI=1S/C11H18O2S2/c1-3-13-10(12)6-5-9(2)11-14-7-4-8-15-11/h3-8H2,1-2H3. The van der Waals surface area contributed by atoms with Crippen molar-refractivity contribution in [2.45, 2.75) is 33.1 Å². The van der Waals surface area contributed by atoms with Crippen LogP contribution in [0.2, 0.25) is 0 Å². The number of rotatable bonds is 4. The molecule has 1 aliphatic rings. The third kappa shape index (κ3) is 4.98. The molecule has 1 fully saturated rings. The summed E-state index contributed by atoms with van der Waals surface area (Å²) in [7, 11) is 0. The van der Waals surface area contributed by atoms with Crippen LogP contribution in [-0.4, -0.2) is 24.1 Å². The number of hydrogen-bond donors (Lipinski definition) is 0. The van der Waals surface area contributed by atoms with Gasteiger partial charge in [0.2, 0.25) is 0 Å². The van der Waals surface area contributed by atoms with Gasteiger partial charge in [0, 0.05) is 10.7 Å². The van der Waals surface area contributed by atoms with Crippen LogP contribution in [0.15, 0.2) is 9.81 Å². The maximum absolute atomic E-state index is 11.2. The Labute approximate surface area is 100 Å². The first kappa shape index (κ1) is 13.0. The van der Waals surface area contributed by atoms with E-state index in [-0.39, 0.29) is 5.97 Å². The number of ether oxygens (including phenoxy) is 1. The quantitative estimate of drug-likeness (QED) is 0.710. The molecule has 0 bridgehead atoms. The number of carbonyl (C=O) groups is 1. The van der Waals surface area contributed by atoms with E-state index in [0.717, 1.165) is 6.42 Å². The van der Waals surface area contributed by atoms with Gasteiger partial charge < -0.3 is 4.74 Å². The van der Waals surface area contributed by atoms with Crippen LogP contribution in [0.4, 0.5) is 0 Å². The molecule has 0 atom stereocenters. The first-order chi connectivity index (χ1) is 7.24. The molecule has 1 heterocycles. The van der Waals surface area contributed by atoms with E-state index in [4.69, 9.17) is 4.74 Å². The van der Waals surface area contributed by atoms with Gasteiger partial charge in [-0.1, -0.05) is 5.57 Å². The molecular weight excluding hydrogens is 228 g/mol. The largest absolute Gasteiger partial charge is 0.466 e. The van der Waals surface area contributed by atoms with Crippen LogP contribution in [0.25, 0.3) is 0 Å². The molecule has 0 amide bonds. The predicted octanol–water partition coefficient (Wildman–Crippen LogP) is 3.43. The van der Waals surface area contributed by atoms with Gasteiger partial charge in [-0.15, -0.1) is 23.5 Å². The van der Waals surface area contributed by atoms with E-state index in [2.05, 4.69) is 6.92 Å². The van der Waals surface area contributed by atoms with Gasteiger partial charge in [-0.05, 0) is 38.2 Å². The van der Waals surface area contributed by atoms with Crippen molar-refractivity contribution >= 4 is 29.5 Å². The van der Waals surface area contributed by atoms with Crippen LogP contribution in [0.5, 0.6) is 0 Å². The highest BCUT2D eigenvalue weighted by atomic mass is 32.2. The first-order valence-corrected chi connectivity index (χ1v) is 7.32. The van der Waals surface area contributed by atoms with E-state index < -0.39 is 0 Å².